The number of amides is 1. The van der Waals surface area contributed by atoms with Gasteiger partial charge in [-0.1, -0.05) is 25.3 Å². The van der Waals surface area contributed by atoms with Gasteiger partial charge in [-0.2, -0.15) is 0 Å². The molecule has 0 radical (unpaired) electrons. The van der Waals surface area contributed by atoms with Crippen LogP contribution in [0.4, 0.5) is 5.82 Å². The van der Waals surface area contributed by atoms with Crippen molar-refractivity contribution >= 4 is 11.7 Å². The van der Waals surface area contributed by atoms with Gasteiger partial charge in [-0.05, 0) is 31.4 Å². The lowest BCUT2D eigenvalue weighted by Gasteiger charge is -2.22. The minimum Gasteiger partial charge on any atom is -0.363 e. The average molecular weight is 306 g/mol. The molecule has 5 nitrogen and oxygen atoms in total. The number of rotatable bonds is 4. The molecule has 5 heteroatoms. The lowest BCUT2D eigenvalue weighted by molar-refractivity contribution is -0.119. The summed E-state index contributed by atoms with van der Waals surface area (Å²) in [5.41, 5.74) is 1.20. The molecule has 1 fully saturated rings. The van der Waals surface area contributed by atoms with E-state index in [1.54, 1.807) is 7.05 Å². The highest BCUT2D eigenvalue weighted by Gasteiger charge is 2.12. The first-order chi connectivity index (χ1) is 10.5. The van der Waals surface area contributed by atoms with Gasteiger partial charge in [0.05, 0.1) is 6.54 Å². The van der Waals surface area contributed by atoms with E-state index in [0.717, 1.165) is 5.82 Å². The molecule has 0 aromatic carbocycles. The highest BCUT2D eigenvalue weighted by molar-refractivity contribution is 5.77. The number of hydrogen-bond donors (Lipinski definition) is 2. The molecule has 1 aliphatic carbocycles. The van der Waals surface area contributed by atoms with Crippen LogP contribution >= 0.6 is 0 Å². The van der Waals surface area contributed by atoms with Crippen LogP contribution in [0.15, 0.2) is 18.3 Å². The molecule has 0 saturated heterocycles. The fourth-order valence-electron chi connectivity index (χ4n) is 2.36. The van der Waals surface area contributed by atoms with Crippen molar-refractivity contribution in [2.75, 3.05) is 32.6 Å². The Morgan fingerprint density at radius 3 is 2.45 bits per heavy atom. The van der Waals surface area contributed by atoms with E-state index >= 15 is 0 Å². The van der Waals surface area contributed by atoms with Gasteiger partial charge >= 0.3 is 0 Å². The first-order valence-electron chi connectivity index (χ1n) is 8.07. The summed E-state index contributed by atoms with van der Waals surface area (Å²) in [4.78, 5) is 17.1. The molecule has 1 amide bonds. The van der Waals surface area contributed by atoms with Gasteiger partial charge in [-0.15, -0.1) is 0 Å². The third kappa shape index (κ3) is 7.41. The van der Waals surface area contributed by atoms with Gasteiger partial charge in [0.15, 0.2) is 0 Å². The monoisotopic (exact) mass is 306 g/mol. The largest absolute Gasteiger partial charge is 0.363 e. The van der Waals surface area contributed by atoms with E-state index in [4.69, 9.17) is 0 Å². The summed E-state index contributed by atoms with van der Waals surface area (Å²) < 4.78 is 0. The number of nitrogens with zero attached hydrogens (tertiary/aromatic N) is 2. The van der Waals surface area contributed by atoms with Gasteiger partial charge in [0.25, 0.3) is 0 Å². The van der Waals surface area contributed by atoms with Gasteiger partial charge in [-0.3, -0.25) is 4.79 Å². The van der Waals surface area contributed by atoms with Crippen molar-refractivity contribution in [3.8, 4) is 0 Å². The molecule has 2 N–H and O–H groups in total. The Kier molecular flexibility index (Phi) is 8.51. The number of nitrogens with one attached hydrogen (secondary N) is 2. The third-order valence-electron chi connectivity index (χ3n) is 3.79. The Hall–Kier alpha value is -1.62. The normalized spacial score (nSPS) is 14.7. The molecule has 0 unspecified atom stereocenters. The summed E-state index contributed by atoms with van der Waals surface area (Å²) in [5.74, 6) is 1.09. The SMILES string of the molecule is CNC(=O)CNC1CCCCC1.Cc1ccc(N(C)C)nc1. The topological polar surface area (TPSA) is 57.3 Å². The zero-order valence-electron chi connectivity index (χ0n) is 14.4. The molecular formula is C17H30N4O. The van der Waals surface area contributed by atoms with Gasteiger partial charge in [0, 0.05) is 33.4 Å². The first-order valence-corrected chi connectivity index (χ1v) is 8.07. The highest BCUT2D eigenvalue weighted by Crippen LogP contribution is 2.16. The molecule has 1 aromatic rings. The van der Waals surface area contributed by atoms with Gasteiger partial charge in [-0.25, -0.2) is 4.98 Å². The molecule has 124 valence electrons. The second-order valence-corrected chi connectivity index (χ2v) is 5.98. The Bertz CT molecular complexity index is 425. The maximum Gasteiger partial charge on any atom is 0.233 e. The second kappa shape index (κ2) is 10.2. The predicted octanol–water partition coefficient (Wildman–Crippen LogP) is 2.11. The minimum absolute atomic E-state index is 0.0839. The zero-order chi connectivity index (χ0) is 16.4. The van der Waals surface area contributed by atoms with Crippen molar-refractivity contribution in [3.63, 3.8) is 0 Å². The van der Waals surface area contributed by atoms with Crippen molar-refractivity contribution in [1.82, 2.24) is 15.6 Å². The number of anilines is 1. The number of aryl methyl sites for hydroxylation is 1. The number of likely N-dealkylation sites (N-methyl/N-ethyl adjacent to an activating group) is 1. The summed E-state index contributed by atoms with van der Waals surface area (Å²) in [7, 11) is 5.64. The molecule has 1 heterocycles. The summed E-state index contributed by atoms with van der Waals surface area (Å²) in [6.45, 7) is 2.51. The molecule has 1 aliphatic rings. The van der Waals surface area contributed by atoms with Crippen molar-refractivity contribution in [2.45, 2.75) is 45.1 Å². The van der Waals surface area contributed by atoms with Crippen LogP contribution in [-0.4, -0.2) is 44.6 Å². The fraction of sp³-hybridized carbons (Fsp3) is 0.647. The Labute approximate surface area is 134 Å². The van der Waals surface area contributed by atoms with E-state index in [9.17, 15) is 4.79 Å². The predicted molar refractivity (Wildman–Crippen MR) is 92.2 cm³/mol. The van der Waals surface area contributed by atoms with Crippen molar-refractivity contribution in [3.05, 3.63) is 23.9 Å². The molecular weight excluding hydrogens is 276 g/mol. The average Bonchev–Trinajstić information content (AvgIpc) is 2.54. The van der Waals surface area contributed by atoms with Crippen LogP contribution in [0, 0.1) is 6.92 Å². The number of carbonyl (C=O) groups is 1. The summed E-state index contributed by atoms with van der Waals surface area (Å²) in [5, 5.41) is 5.86. The quantitative estimate of drug-likeness (QED) is 0.894. The van der Waals surface area contributed by atoms with Crippen molar-refractivity contribution in [1.29, 1.82) is 0 Å². The molecule has 1 saturated carbocycles. The van der Waals surface area contributed by atoms with E-state index in [0.29, 0.717) is 12.6 Å². The van der Waals surface area contributed by atoms with Crippen LogP contribution in [0.25, 0.3) is 0 Å². The lowest BCUT2D eigenvalue weighted by atomic mass is 9.95. The van der Waals surface area contributed by atoms with Gasteiger partial charge in [0.1, 0.15) is 5.82 Å². The van der Waals surface area contributed by atoms with E-state index in [1.807, 2.05) is 38.2 Å². The Morgan fingerprint density at radius 1 is 1.27 bits per heavy atom. The third-order valence-corrected chi connectivity index (χ3v) is 3.79. The number of pyridine rings is 1. The molecule has 0 aliphatic heterocycles. The fourth-order valence-corrected chi connectivity index (χ4v) is 2.36. The molecule has 1 aromatic heterocycles. The van der Waals surface area contributed by atoms with Crippen molar-refractivity contribution < 1.29 is 4.79 Å². The maximum absolute atomic E-state index is 10.9. The van der Waals surface area contributed by atoms with E-state index in [1.165, 1.54) is 37.7 Å². The van der Waals surface area contributed by atoms with Crippen LogP contribution in [-0.2, 0) is 4.79 Å². The lowest BCUT2D eigenvalue weighted by Crippen LogP contribution is -2.38. The standard InChI is InChI=1S/C9H18N2O.C8H12N2/c1-10-9(12)7-11-8-5-3-2-4-6-8;1-7-4-5-8(9-6-7)10(2)3/h8,11H,2-7H2,1H3,(H,10,12);4-6H,1-3H3. The van der Waals surface area contributed by atoms with E-state index < -0.39 is 0 Å². The van der Waals surface area contributed by atoms with Crippen LogP contribution in [0.5, 0.6) is 0 Å². The number of hydrogen-bond acceptors (Lipinski definition) is 4. The smallest absolute Gasteiger partial charge is 0.233 e. The van der Waals surface area contributed by atoms with E-state index in [-0.39, 0.29) is 5.91 Å². The van der Waals surface area contributed by atoms with Gasteiger partial charge < -0.3 is 15.5 Å². The van der Waals surface area contributed by atoms with Crippen LogP contribution < -0.4 is 15.5 Å². The Morgan fingerprint density at radius 2 is 1.95 bits per heavy atom. The molecule has 22 heavy (non-hydrogen) atoms. The van der Waals surface area contributed by atoms with Gasteiger partial charge in [0.2, 0.25) is 5.91 Å². The molecule has 2 rings (SSSR count). The Balaban J connectivity index is 0.000000224. The van der Waals surface area contributed by atoms with Crippen LogP contribution in [0.1, 0.15) is 37.7 Å². The summed E-state index contributed by atoms with van der Waals surface area (Å²) in [6.07, 6.45) is 8.32. The molecule has 0 atom stereocenters. The summed E-state index contributed by atoms with van der Waals surface area (Å²) in [6, 6.07) is 4.65. The van der Waals surface area contributed by atoms with Crippen molar-refractivity contribution in [2.24, 2.45) is 0 Å². The first kappa shape index (κ1) is 18.4. The zero-order valence-corrected chi connectivity index (χ0v) is 14.4. The van der Waals surface area contributed by atoms with E-state index in [2.05, 4.69) is 21.7 Å². The second-order valence-electron chi connectivity index (χ2n) is 5.98. The van der Waals surface area contributed by atoms with Crippen LogP contribution in [0.3, 0.4) is 0 Å². The summed E-state index contributed by atoms with van der Waals surface area (Å²) >= 11 is 0. The minimum atomic E-state index is 0.0839. The number of aromatic nitrogens is 1. The number of carbonyl (C=O) groups excluding carboxylic acids is 1. The van der Waals surface area contributed by atoms with Crippen LogP contribution in [0.2, 0.25) is 0 Å². The highest BCUT2D eigenvalue weighted by atomic mass is 16.1. The maximum atomic E-state index is 10.9. The molecule has 0 spiro atoms. The molecule has 0 bridgehead atoms.